The summed E-state index contributed by atoms with van der Waals surface area (Å²) in [5.41, 5.74) is 1.03. The van der Waals surface area contributed by atoms with Crippen LogP contribution in [0.25, 0.3) is 6.08 Å². The number of nitro groups is 1. The Morgan fingerprint density at radius 2 is 1.09 bits per heavy atom. The number of allylic oxidation sites excluding steroid dienone is 1. The minimum atomic E-state index is -3.00. The topological polar surface area (TPSA) is 43.1 Å². The summed E-state index contributed by atoms with van der Waals surface area (Å²) in [4.78, 5) is 10.6. The number of non-ortho nitro benzene ring substituents is 1. The van der Waals surface area contributed by atoms with Crippen molar-refractivity contribution >= 4 is 48.5 Å². The zero-order chi connectivity index (χ0) is 22.5. The van der Waals surface area contributed by atoms with E-state index < -0.39 is 5.31 Å². The van der Waals surface area contributed by atoms with Gasteiger partial charge in [0.2, 0.25) is 0 Å². The van der Waals surface area contributed by atoms with Gasteiger partial charge in [0.05, 0.1) is 0 Å². The van der Waals surface area contributed by atoms with Gasteiger partial charge < -0.3 is 0 Å². The summed E-state index contributed by atoms with van der Waals surface area (Å²) < 4.78 is 0. The average Bonchev–Trinajstić information content (AvgIpc) is 2.86. The van der Waals surface area contributed by atoms with Gasteiger partial charge in [-0.3, -0.25) is 0 Å². The molecule has 0 aliphatic heterocycles. The Balaban J connectivity index is 1.87. The molecule has 0 fully saturated rings. The van der Waals surface area contributed by atoms with Crippen LogP contribution in [0.5, 0.6) is 0 Å². The molecule has 5 heteroatoms. The Morgan fingerprint density at radius 3 is 1.47 bits per heavy atom. The van der Waals surface area contributed by atoms with Crippen LogP contribution < -0.4 is 15.9 Å². The standard InChI is InChI=1S/C27H23BrNO2P/c28-32(25-12-4-1-5-13-25,26-14-6-2-7-15-26,27-16-8-3-9-17-27)22-10-11-23-18-20-24(21-19-23)29(30)31/h1-21H,22H2. The zero-order valence-electron chi connectivity index (χ0n) is 17.4. The number of rotatable bonds is 7. The Bertz CT molecular complexity index is 1130. The third-order valence-electron chi connectivity index (χ3n) is 5.75. The van der Waals surface area contributed by atoms with E-state index in [-0.39, 0.29) is 10.6 Å². The van der Waals surface area contributed by atoms with Gasteiger partial charge in [-0.25, -0.2) is 0 Å². The second-order valence-electron chi connectivity index (χ2n) is 7.62. The van der Waals surface area contributed by atoms with Crippen LogP contribution in [0.4, 0.5) is 5.69 Å². The van der Waals surface area contributed by atoms with Gasteiger partial charge in [0.15, 0.2) is 0 Å². The molecule has 0 radical (unpaired) electrons. The van der Waals surface area contributed by atoms with Crippen molar-refractivity contribution in [2.24, 2.45) is 0 Å². The molecule has 160 valence electrons. The molecule has 4 rings (SSSR count). The van der Waals surface area contributed by atoms with Gasteiger partial charge in [-0.1, -0.05) is 0 Å². The maximum absolute atomic E-state index is 11.0. The van der Waals surface area contributed by atoms with E-state index in [4.69, 9.17) is 0 Å². The van der Waals surface area contributed by atoms with E-state index in [1.807, 2.05) is 24.3 Å². The molecule has 3 nitrogen and oxygen atoms in total. The maximum atomic E-state index is 11.0. The first-order valence-electron chi connectivity index (χ1n) is 10.3. The fraction of sp³-hybridized carbons (Fsp3) is 0.0370. The SMILES string of the molecule is O=[N+]([O-])c1ccc(C=CCP(Br)(c2ccccc2)(c2ccccc2)c2ccccc2)cc1. The Hall–Kier alpha value is -3.07. The van der Waals surface area contributed by atoms with Crippen LogP contribution in [0.3, 0.4) is 0 Å². The summed E-state index contributed by atoms with van der Waals surface area (Å²) in [6.45, 7) is 0. The normalized spacial score (nSPS) is 12.8. The van der Waals surface area contributed by atoms with Crippen LogP contribution in [-0.4, -0.2) is 11.1 Å². The van der Waals surface area contributed by atoms with E-state index in [9.17, 15) is 10.1 Å². The number of nitrogens with zero attached hydrogens (tertiary/aromatic N) is 1. The van der Waals surface area contributed by atoms with E-state index in [0.717, 1.165) is 11.7 Å². The van der Waals surface area contributed by atoms with E-state index in [1.165, 1.54) is 15.9 Å². The van der Waals surface area contributed by atoms with Crippen molar-refractivity contribution in [2.75, 3.05) is 6.16 Å². The van der Waals surface area contributed by atoms with E-state index in [2.05, 4.69) is 94.4 Å². The molecule has 0 atom stereocenters. The van der Waals surface area contributed by atoms with Crippen LogP contribution in [0.2, 0.25) is 0 Å². The molecule has 32 heavy (non-hydrogen) atoms. The van der Waals surface area contributed by atoms with E-state index in [0.29, 0.717) is 0 Å². The summed E-state index contributed by atoms with van der Waals surface area (Å²) in [7, 11) is 0. The van der Waals surface area contributed by atoms with Crippen LogP contribution in [0.1, 0.15) is 5.56 Å². The van der Waals surface area contributed by atoms with Gasteiger partial charge >= 0.3 is 197 Å². The van der Waals surface area contributed by atoms with Gasteiger partial charge in [0.25, 0.3) is 0 Å². The monoisotopic (exact) mass is 503 g/mol. The molecule has 0 amide bonds. The molecule has 0 bridgehead atoms. The molecule has 0 heterocycles. The average molecular weight is 504 g/mol. The van der Waals surface area contributed by atoms with Crippen molar-refractivity contribution in [3.63, 3.8) is 0 Å². The molecule has 4 aromatic rings. The fourth-order valence-electron chi connectivity index (χ4n) is 4.07. The molecule has 0 unspecified atom stereocenters. The molecule has 0 spiro atoms. The van der Waals surface area contributed by atoms with Crippen molar-refractivity contribution in [1.29, 1.82) is 0 Å². The number of benzene rings is 4. The van der Waals surface area contributed by atoms with Crippen molar-refractivity contribution in [3.8, 4) is 0 Å². The van der Waals surface area contributed by atoms with E-state index in [1.54, 1.807) is 24.3 Å². The molecule has 0 aromatic heterocycles. The minimum absolute atomic E-state index is 0.0973. The molecule has 0 aliphatic carbocycles. The molecular weight excluding hydrogens is 481 g/mol. The number of hydrogen-bond acceptors (Lipinski definition) is 2. The summed E-state index contributed by atoms with van der Waals surface area (Å²) in [6.07, 6.45) is 4.99. The molecule has 0 saturated heterocycles. The molecular formula is C27H23BrNO2P. The predicted octanol–water partition coefficient (Wildman–Crippen LogP) is 6.45. The van der Waals surface area contributed by atoms with E-state index >= 15 is 0 Å². The quantitative estimate of drug-likeness (QED) is 0.165. The van der Waals surface area contributed by atoms with Crippen LogP contribution in [0, 0.1) is 10.1 Å². The Labute approximate surface area is 196 Å². The van der Waals surface area contributed by atoms with Gasteiger partial charge in [0.1, 0.15) is 0 Å². The van der Waals surface area contributed by atoms with Gasteiger partial charge in [0, 0.05) is 0 Å². The first-order valence-corrected chi connectivity index (χ1v) is 14.8. The van der Waals surface area contributed by atoms with Crippen molar-refractivity contribution in [1.82, 2.24) is 0 Å². The number of hydrogen-bond donors (Lipinski definition) is 0. The Kier molecular flexibility index (Phi) is 6.36. The van der Waals surface area contributed by atoms with Gasteiger partial charge in [-0.15, -0.1) is 0 Å². The third kappa shape index (κ3) is 4.04. The van der Waals surface area contributed by atoms with Crippen molar-refractivity contribution in [2.45, 2.75) is 0 Å². The second-order valence-corrected chi connectivity index (χ2v) is 16.6. The van der Waals surface area contributed by atoms with Gasteiger partial charge in [-0.2, -0.15) is 0 Å². The van der Waals surface area contributed by atoms with Gasteiger partial charge in [-0.05, 0) is 0 Å². The fourth-order valence-corrected chi connectivity index (χ4v) is 11.1. The first-order chi connectivity index (χ1) is 15.5. The first kappa shape index (κ1) is 22.1. The summed E-state index contributed by atoms with van der Waals surface area (Å²) in [5, 5.41) is 11.7. The third-order valence-corrected chi connectivity index (χ3v) is 15.3. The summed E-state index contributed by atoms with van der Waals surface area (Å²) >= 11 is 4.41. The number of halogens is 1. The van der Waals surface area contributed by atoms with Crippen LogP contribution >= 0.6 is 20.8 Å². The molecule has 0 N–H and O–H groups in total. The number of nitro benzene ring substituents is 1. The summed E-state index contributed by atoms with van der Waals surface area (Å²) in [6, 6.07) is 38.5. The van der Waals surface area contributed by atoms with Crippen LogP contribution in [0.15, 0.2) is 121 Å². The van der Waals surface area contributed by atoms with Crippen LogP contribution in [-0.2, 0) is 0 Å². The zero-order valence-corrected chi connectivity index (χ0v) is 19.9. The van der Waals surface area contributed by atoms with Crippen molar-refractivity contribution < 1.29 is 4.92 Å². The predicted molar refractivity (Wildman–Crippen MR) is 141 cm³/mol. The molecule has 0 aliphatic rings. The summed E-state index contributed by atoms with van der Waals surface area (Å²) in [5.74, 6) is 0. The van der Waals surface area contributed by atoms with Crippen molar-refractivity contribution in [3.05, 3.63) is 137 Å². The Morgan fingerprint density at radius 1 is 0.688 bits per heavy atom. The molecule has 0 saturated carbocycles. The molecule has 4 aromatic carbocycles. The second kappa shape index (κ2) is 9.20.